The molecule has 2 aromatic rings. The number of amides is 1. The van der Waals surface area contributed by atoms with E-state index < -0.39 is 11.7 Å². The van der Waals surface area contributed by atoms with Crippen LogP contribution >= 0.6 is 11.6 Å². The molecule has 0 aliphatic rings. The molecule has 4 nitrogen and oxygen atoms in total. The zero-order valence-electron chi connectivity index (χ0n) is 14.0. The first-order chi connectivity index (χ1) is 12.3. The molecule has 0 atom stereocenters. The van der Waals surface area contributed by atoms with Gasteiger partial charge in [0.15, 0.2) is 0 Å². The molecule has 2 rings (SSSR count). The number of rotatable bonds is 7. The average Bonchev–Trinajstić information content (AvgIpc) is 2.57. The number of hydrogen-bond donors (Lipinski definition) is 2. The molecule has 0 heterocycles. The highest BCUT2D eigenvalue weighted by molar-refractivity contribution is 6.30. The Hall–Kier alpha value is -2.41. The summed E-state index contributed by atoms with van der Waals surface area (Å²) in [5, 5.41) is 5.31. The van der Waals surface area contributed by atoms with Crippen LogP contribution in [0.1, 0.15) is 18.9 Å². The third-order valence-corrected chi connectivity index (χ3v) is 3.65. The van der Waals surface area contributed by atoms with Gasteiger partial charge in [0.05, 0.1) is 17.9 Å². The Morgan fingerprint density at radius 2 is 1.88 bits per heavy atom. The first kappa shape index (κ1) is 19.9. The quantitative estimate of drug-likeness (QED) is 0.687. The predicted octanol–water partition coefficient (Wildman–Crippen LogP) is 5.20. The summed E-state index contributed by atoms with van der Waals surface area (Å²) in [4.78, 5) is 12.0. The van der Waals surface area contributed by atoms with Gasteiger partial charge < -0.3 is 15.4 Å². The van der Waals surface area contributed by atoms with Gasteiger partial charge in [0.25, 0.3) is 0 Å². The topological polar surface area (TPSA) is 50.4 Å². The summed E-state index contributed by atoms with van der Waals surface area (Å²) in [6.07, 6.45) is -4.55. The number of hydrogen-bond acceptors (Lipinski definition) is 3. The van der Waals surface area contributed by atoms with E-state index in [1.165, 1.54) is 12.1 Å². The Morgan fingerprint density at radius 1 is 1.15 bits per heavy atom. The van der Waals surface area contributed by atoms with Gasteiger partial charge in [-0.1, -0.05) is 23.7 Å². The van der Waals surface area contributed by atoms with Crippen LogP contribution < -0.4 is 15.4 Å². The second kappa shape index (κ2) is 8.80. The van der Waals surface area contributed by atoms with E-state index in [1.54, 1.807) is 24.3 Å². The van der Waals surface area contributed by atoms with Gasteiger partial charge in [0.1, 0.15) is 5.75 Å². The van der Waals surface area contributed by atoms with Gasteiger partial charge in [0, 0.05) is 23.7 Å². The van der Waals surface area contributed by atoms with Crippen LogP contribution in [0.5, 0.6) is 5.75 Å². The molecule has 0 aliphatic heterocycles. The molecule has 1 amide bonds. The van der Waals surface area contributed by atoms with Crippen molar-refractivity contribution in [3.63, 3.8) is 0 Å². The Labute approximate surface area is 154 Å². The van der Waals surface area contributed by atoms with Crippen molar-refractivity contribution in [2.75, 3.05) is 23.8 Å². The van der Waals surface area contributed by atoms with E-state index in [-0.39, 0.29) is 29.6 Å². The number of ether oxygens (including phenoxy) is 1. The summed E-state index contributed by atoms with van der Waals surface area (Å²) >= 11 is 5.63. The SMILES string of the molecule is CCOc1ccccc1NC(=O)CCNc1ccc(Cl)cc1C(F)(F)F. The fraction of sp³-hybridized carbons (Fsp3) is 0.278. The number of carbonyl (C=O) groups excluding carboxylic acids is 1. The third-order valence-electron chi connectivity index (χ3n) is 3.42. The van der Waals surface area contributed by atoms with Gasteiger partial charge in [-0.2, -0.15) is 13.2 Å². The summed E-state index contributed by atoms with van der Waals surface area (Å²) in [5.41, 5.74) is -0.474. The van der Waals surface area contributed by atoms with E-state index in [9.17, 15) is 18.0 Å². The average molecular weight is 387 g/mol. The zero-order chi connectivity index (χ0) is 19.2. The first-order valence-corrected chi connectivity index (χ1v) is 8.31. The molecule has 0 bridgehead atoms. The molecule has 0 saturated carbocycles. The van der Waals surface area contributed by atoms with E-state index in [4.69, 9.17) is 16.3 Å². The highest BCUT2D eigenvalue weighted by Crippen LogP contribution is 2.36. The number of alkyl halides is 3. The van der Waals surface area contributed by atoms with Crippen molar-refractivity contribution in [1.82, 2.24) is 0 Å². The lowest BCUT2D eigenvalue weighted by Gasteiger charge is -2.15. The molecule has 0 spiro atoms. The summed E-state index contributed by atoms with van der Waals surface area (Å²) < 4.78 is 44.5. The zero-order valence-corrected chi connectivity index (χ0v) is 14.7. The van der Waals surface area contributed by atoms with E-state index in [0.29, 0.717) is 18.0 Å². The predicted molar refractivity (Wildman–Crippen MR) is 95.8 cm³/mol. The van der Waals surface area contributed by atoms with E-state index in [2.05, 4.69) is 10.6 Å². The molecule has 8 heteroatoms. The van der Waals surface area contributed by atoms with E-state index in [0.717, 1.165) is 6.07 Å². The molecule has 0 radical (unpaired) electrons. The Morgan fingerprint density at radius 3 is 2.58 bits per heavy atom. The maximum atomic E-state index is 13.0. The molecule has 0 aromatic heterocycles. The molecule has 0 aliphatic carbocycles. The minimum absolute atomic E-state index is 0.00634. The smallest absolute Gasteiger partial charge is 0.418 e. The number of benzene rings is 2. The fourth-order valence-electron chi connectivity index (χ4n) is 2.28. The van der Waals surface area contributed by atoms with Crippen LogP contribution in [0.25, 0.3) is 0 Å². The maximum absolute atomic E-state index is 13.0. The van der Waals surface area contributed by atoms with Crippen LogP contribution in [0.4, 0.5) is 24.5 Å². The Balaban J connectivity index is 1.95. The lowest BCUT2D eigenvalue weighted by molar-refractivity contribution is -0.137. The van der Waals surface area contributed by atoms with Gasteiger partial charge >= 0.3 is 6.18 Å². The van der Waals surface area contributed by atoms with Crippen LogP contribution in [0.2, 0.25) is 5.02 Å². The highest BCUT2D eigenvalue weighted by atomic mass is 35.5. The normalized spacial score (nSPS) is 11.1. The summed E-state index contributed by atoms with van der Waals surface area (Å²) in [7, 11) is 0. The Kier molecular flexibility index (Phi) is 6.74. The molecule has 2 aromatic carbocycles. The van der Waals surface area contributed by atoms with Crippen LogP contribution in [0, 0.1) is 0 Å². The molecular formula is C18H18ClF3N2O2. The van der Waals surface area contributed by atoms with Crippen molar-refractivity contribution in [1.29, 1.82) is 0 Å². The number of halogens is 4. The third kappa shape index (κ3) is 5.56. The number of carbonyl (C=O) groups is 1. The lowest BCUT2D eigenvalue weighted by atomic mass is 10.1. The van der Waals surface area contributed by atoms with Crippen molar-refractivity contribution in [3.8, 4) is 5.75 Å². The van der Waals surface area contributed by atoms with Gasteiger partial charge in [0.2, 0.25) is 5.91 Å². The lowest BCUT2D eigenvalue weighted by Crippen LogP contribution is -2.18. The van der Waals surface area contributed by atoms with Crippen molar-refractivity contribution >= 4 is 28.9 Å². The molecule has 0 saturated heterocycles. The van der Waals surface area contributed by atoms with E-state index in [1.807, 2.05) is 6.92 Å². The largest absolute Gasteiger partial charge is 0.492 e. The van der Waals surface area contributed by atoms with Crippen molar-refractivity contribution in [2.24, 2.45) is 0 Å². The van der Waals surface area contributed by atoms with Crippen LogP contribution in [-0.4, -0.2) is 19.1 Å². The van der Waals surface area contributed by atoms with Crippen LogP contribution in [0.3, 0.4) is 0 Å². The van der Waals surface area contributed by atoms with Crippen LogP contribution in [-0.2, 0) is 11.0 Å². The molecule has 0 fully saturated rings. The van der Waals surface area contributed by atoms with Gasteiger partial charge in [-0.25, -0.2) is 0 Å². The molecule has 26 heavy (non-hydrogen) atoms. The van der Waals surface area contributed by atoms with Gasteiger partial charge in [-0.05, 0) is 37.3 Å². The minimum atomic E-state index is -4.54. The number of nitrogens with one attached hydrogen (secondary N) is 2. The maximum Gasteiger partial charge on any atom is 0.418 e. The van der Waals surface area contributed by atoms with Gasteiger partial charge in [-0.3, -0.25) is 4.79 Å². The molecule has 2 N–H and O–H groups in total. The fourth-order valence-corrected chi connectivity index (χ4v) is 2.45. The van der Waals surface area contributed by atoms with Crippen molar-refractivity contribution in [3.05, 3.63) is 53.1 Å². The molecular weight excluding hydrogens is 369 g/mol. The number of anilines is 2. The molecule has 0 unspecified atom stereocenters. The Bertz CT molecular complexity index is 766. The summed E-state index contributed by atoms with van der Waals surface area (Å²) in [5.74, 6) is 0.195. The minimum Gasteiger partial charge on any atom is -0.492 e. The van der Waals surface area contributed by atoms with Gasteiger partial charge in [-0.15, -0.1) is 0 Å². The van der Waals surface area contributed by atoms with Crippen LogP contribution in [0.15, 0.2) is 42.5 Å². The summed E-state index contributed by atoms with van der Waals surface area (Å²) in [6.45, 7) is 2.31. The van der Waals surface area contributed by atoms with E-state index >= 15 is 0 Å². The molecule has 140 valence electrons. The second-order valence-corrected chi connectivity index (χ2v) is 5.78. The first-order valence-electron chi connectivity index (χ1n) is 7.93. The highest BCUT2D eigenvalue weighted by Gasteiger charge is 2.33. The monoisotopic (exact) mass is 386 g/mol. The summed E-state index contributed by atoms with van der Waals surface area (Å²) in [6, 6.07) is 10.4. The number of para-hydroxylation sites is 2. The second-order valence-electron chi connectivity index (χ2n) is 5.34. The van der Waals surface area contributed by atoms with Crippen molar-refractivity contribution < 1.29 is 22.7 Å². The van der Waals surface area contributed by atoms with Crippen molar-refractivity contribution in [2.45, 2.75) is 19.5 Å². The standard InChI is InChI=1S/C18H18ClF3N2O2/c1-2-26-16-6-4-3-5-15(16)24-17(25)9-10-23-14-8-7-12(19)11-13(14)18(20,21)22/h3-8,11,23H,2,9-10H2,1H3,(H,24,25).